The van der Waals surface area contributed by atoms with Crippen molar-refractivity contribution in [2.45, 2.75) is 13.0 Å². The molecule has 3 nitrogen and oxygen atoms in total. The van der Waals surface area contributed by atoms with E-state index in [0.717, 1.165) is 17.7 Å². The van der Waals surface area contributed by atoms with Gasteiger partial charge in [0.2, 0.25) is 0 Å². The van der Waals surface area contributed by atoms with Gasteiger partial charge in [-0.05, 0) is 41.8 Å². The summed E-state index contributed by atoms with van der Waals surface area (Å²) in [5.74, 6) is 0.337. The monoisotopic (exact) mass is 275 g/mol. The average Bonchev–Trinajstić information content (AvgIpc) is 2.47. The fraction of sp³-hybridized carbons (Fsp3) is 0.250. The third-order valence-electron chi connectivity index (χ3n) is 2.99. The zero-order valence-corrected chi connectivity index (χ0v) is 11.4. The van der Waals surface area contributed by atoms with Gasteiger partial charge in [-0.25, -0.2) is 4.39 Å². The number of methoxy groups -OCH3 is 1. The second kappa shape index (κ2) is 6.91. The van der Waals surface area contributed by atoms with E-state index in [2.05, 4.69) is 0 Å². The molecule has 0 fully saturated rings. The first-order chi connectivity index (χ1) is 9.69. The molecule has 0 saturated heterocycles. The summed E-state index contributed by atoms with van der Waals surface area (Å²) in [6, 6.07) is 12.5. The lowest BCUT2D eigenvalue weighted by atomic mass is 10.1. The van der Waals surface area contributed by atoms with Crippen LogP contribution in [0.1, 0.15) is 11.1 Å². The predicted molar refractivity (Wildman–Crippen MR) is 77.2 cm³/mol. The summed E-state index contributed by atoms with van der Waals surface area (Å²) in [4.78, 5) is 0. The summed E-state index contributed by atoms with van der Waals surface area (Å²) in [5, 5.41) is 0. The smallest absolute Gasteiger partial charge is 0.146 e. The van der Waals surface area contributed by atoms with Crippen LogP contribution in [0.4, 0.5) is 10.1 Å². The lowest BCUT2D eigenvalue weighted by molar-refractivity contribution is 0.202. The van der Waals surface area contributed by atoms with Gasteiger partial charge < -0.3 is 15.2 Å². The van der Waals surface area contributed by atoms with E-state index in [9.17, 15) is 4.39 Å². The van der Waals surface area contributed by atoms with Crippen LogP contribution in [0.25, 0.3) is 0 Å². The van der Waals surface area contributed by atoms with Gasteiger partial charge in [-0.1, -0.05) is 18.2 Å². The lowest BCUT2D eigenvalue weighted by Gasteiger charge is -2.08. The Hall–Kier alpha value is -2.07. The SMILES string of the molecule is COCCc1ccc(OCc2ccc(N)c(F)c2)cc1. The molecule has 0 bridgehead atoms. The molecular weight excluding hydrogens is 257 g/mol. The zero-order chi connectivity index (χ0) is 14.4. The Morgan fingerprint density at radius 1 is 1.05 bits per heavy atom. The third kappa shape index (κ3) is 3.96. The topological polar surface area (TPSA) is 44.5 Å². The molecule has 0 aliphatic carbocycles. The van der Waals surface area contributed by atoms with Gasteiger partial charge in [0.05, 0.1) is 12.3 Å². The first kappa shape index (κ1) is 14.3. The first-order valence-electron chi connectivity index (χ1n) is 6.43. The van der Waals surface area contributed by atoms with Crippen molar-refractivity contribution in [2.24, 2.45) is 0 Å². The summed E-state index contributed by atoms with van der Waals surface area (Å²) in [7, 11) is 1.68. The molecule has 2 aromatic carbocycles. The maximum Gasteiger partial charge on any atom is 0.146 e. The highest BCUT2D eigenvalue weighted by atomic mass is 19.1. The van der Waals surface area contributed by atoms with E-state index >= 15 is 0 Å². The molecule has 2 rings (SSSR count). The lowest BCUT2D eigenvalue weighted by Crippen LogP contribution is -1.99. The van der Waals surface area contributed by atoms with E-state index < -0.39 is 5.82 Å². The van der Waals surface area contributed by atoms with Gasteiger partial charge in [0, 0.05) is 7.11 Å². The number of hydrogen-bond acceptors (Lipinski definition) is 3. The first-order valence-corrected chi connectivity index (χ1v) is 6.43. The summed E-state index contributed by atoms with van der Waals surface area (Å²) in [6.07, 6.45) is 0.875. The van der Waals surface area contributed by atoms with Crippen LogP contribution in [0.3, 0.4) is 0 Å². The number of halogens is 1. The number of benzene rings is 2. The van der Waals surface area contributed by atoms with Gasteiger partial charge in [-0.15, -0.1) is 0 Å². The molecule has 0 amide bonds. The van der Waals surface area contributed by atoms with Gasteiger partial charge >= 0.3 is 0 Å². The minimum Gasteiger partial charge on any atom is -0.489 e. The Kier molecular flexibility index (Phi) is 4.96. The summed E-state index contributed by atoms with van der Waals surface area (Å²) in [5.41, 5.74) is 7.52. The second-order valence-electron chi connectivity index (χ2n) is 4.53. The van der Waals surface area contributed by atoms with Crippen LogP contribution in [0.2, 0.25) is 0 Å². The van der Waals surface area contributed by atoms with E-state index in [-0.39, 0.29) is 5.69 Å². The van der Waals surface area contributed by atoms with Crippen molar-refractivity contribution < 1.29 is 13.9 Å². The van der Waals surface area contributed by atoms with Crippen molar-refractivity contribution in [3.05, 3.63) is 59.4 Å². The van der Waals surface area contributed by atoms with Crippen LogP contribution in [-0.2, 0) is 17.8 Å². The summed E-state index contributed by atoms with van der Waals surface area (Å²) >= 11 is 0. The highest BCUT2D eigenvalue weighted by Crippen LogP contribution is 2.17. The Morgan fingerprint density at radius 2 is 1.75 bits per heavy atom. The van der Waals surface area contributed by atoms with Crippen molar-refractivity contribution in [1.29, 1.82) is 0 Å². The Morgan fingerprint density at radius 3 is 2.40 bits per heavy atom. The second-order valence-corrected chi connectivity index (χ2v) is 4.53. The maximum atomic E-state index is 13.3. The largest absolute Gasteiger partial charge is 0.489 e. The molecule has 106 valence electrons. The number of ether oxygens (including phenoxy) is 2. The quantitative estimate of drug-likeness (QED) is 0.823. The van der Waals surface area contributed by atoms with Crippen LogP contribution >= 0.6 is 0 Å². The van der Waals surface area contributed by atoms with Crippen molar-refractivity contribution in [3.8, 4) is 5.75 Å². The van der Waals surface area contributed by atoms with E-state index in [0.29, 0.717) is 13.2 Å². The Balaban J connectivity index is 1.91. The number of hydrogen-bond donors (Lipinski definition) is 1. The van der Waals surface area contributed by atoms with Crippen molar-refractivity contribution in [3.63, 3.8) is 0 Å². The van der Waals surface area contributed by atoms with Gasteiger partial charge in [0.15, 0.2) is 0 Å². The van der Waals surface area contributed by atoms with E-state index in [1.54, 1.807) is 19.2 Å². The maximum absolute atomic E-state index is 13.3. The van der Waals surface area contributed by atoms with Gasteiger partial charge in [0.1, 0.15) is 18.2 Å². The van der Waals surface area contributed by atoms with Gasteiger partial charge in [-0.3, -0.25) is 0 Å². The van der Waals surface area contributed by atoms with E-state index in [1.165, 1.54) is 11.6 Å². The van der Waals surface area contributed by atoms with Crippen molar-refractivity contribution in [2.75, 3.05) is 19.5 Å². The normalized spacial score (nSPS) is 10.5. The number of anilines is 1. The molecule has 4 heteroatoms. The Bertz CT molecular complexity index is 555. The average molecular weight is 275 g/mol. The molecule has 0 aliphatic heterocycles. The predicted octanol–water partition coefficient (Wildman–Crippen LogP) is 3.18. The fourth-order valence-electron chi connectivity index (χ4n) is 1.80. The standard InChI is InChI=1S/C16H18FNO2/c1-19-9-8-12-2-5-14(6-3-12)20-11-13-4-7-16(18)15(17)10-13/h2-7,10H,8-9,11,18H2,1H3. The van der Waals surface area contributed by atoms with Crippen LogP contribution in [-0.4, -0.2) is 13.7 Å². The minimum absolute atomic E-state index is 0.149. The van der Waals surface area contributed by atoms with Gasteiger partial charge in [0.25, 0.3) is 0 Å². The molecule has 0 heterocycles. The molecule has 0 atom stereocenters. The molecule has 0 spiro atoms. The highest BCUT2D eigenvalue weighted by Gasteiger charge is 2.01. The molecular formula is C16H18FNO2. The molecule has 2 N–H and O–H groups in total. The molecule has 2 aromatic rings. The molecule has 0 aliphatic rings. The fourth-order valence-corrected chi connectivity index (χ4v) is 1.80. The van der Waals surface area contributed by atoms with E-state index in [1.807, 2.05) is 24.3 Å². The molecule has 0 radical (unpaired) electrons. The van der Waals surface area contributed by atoms with Gasteiger partial charge in [-0.2, -0.15) is 0 Å². The number of rotatable bonds is 6. The molecule has 0 aromatic heterocycles. The van der Waals surface area contributed by atoms with Crippen LogP contribution in [0.15, 0.2) is 42.5 Å². The summed E-state index contributed by atoms with van der Waals surface area (Å²) < 4.78 is 23.9. The minimum atomic E-state index is -0.416. The number of nitrogen functional groups attached to an aromatic ring is 1. The number of nitrogens with two attached hydrogens (primary N) is 1. The van der Waals surface area contributed by atoms with Crippen LogP contribution < -0.4 is 10.5 Å². The van der Waals surface area contributed by atoms with E-state index in [4.69, 9.17) is 15.2 Å². The van der Waals surface area contributed by atoms with Crippen LogP contribution in [0.5, 0.6) is 5.75 Å². The third-order valence-corrected chi connectivity index (χ3v) is 2.99. The molecule has 0 unspecified atom stereocenters. The molecule has 20 heavy (non-hydrogen) atoms. The van der Waals surface area contributed by atoms with Crippen molar-refractivity contribution >= 4 is 5.69 Å². The highest BCUT2D eigenvalue weighted by molar-refractivity contribution is 5.41. The summed E-state index contributed by atoms with van der Waals surface area (Å²) in [6.45, 7) is 1.01. The van der Waals surface area contributed by atoms with Crippen molar-refractivity contribution in [1.82, 2.24) is 0 Å². The van der Waals surface area contributed by atoms with Crippen LogP contribution in [0, 0.1) is 5.82 Å². The Labute approximate surface area is 118 Å². The zero-order valence-electron chi connectivity index (χ0n) is 11.4. The molecule has 0 saturated carbocycles.